The van der Waals surface area contributed by atoms with Crippen LogP contribution < -0.4 is 0 Å². The SMILES string of the molecule is CN1/C(=C/c2ccc(Cl)cc2)C(=O)OC1c1ccccc1. The molecule has 1 heterocycles. The maximum absolute atomic E-state index is 12.1. The van der Waals surface area contributed by atoms with Gasteiger partial charge in [0.15, 0.2) is 0 Å². The topological polar surface area (TPSA) is 29.5 Å². The van der Waals surface area contributed by atoms with Crippen LogP contribution in [0.5, 0.6) is 0 Å². The van der Waals surface area contributed by atoms with E-state index < -0.39 is 0 Å². The highest BCUT2D eigenvalue weighted by atomic mass is 35.5. The molecule has 0 radical (unpaired) electrons. The van der Waals surface area contributed by atoms with Gasteiger partial charge in [-0.05, 0) is 23.8 Å². The Bertz CT molecular complexity index is 680. The van der Waals surface area contributed by atoms with Crippen molar-refractivity contribution < 1.29 is 9.53 Å². The van der Waals surface area contributed by atoms with Gasteiger partial charge in [-0.3, -0.25) is 0 Å². The molecule has 1 fully saturated rings. The van der Waals surface area contributed by atoms with Gasteiger partial charge in [0.2, 0.25) is 6.23 Å². The summed E-state index contributed by atoms with van der Waals surface area (Å²) < 4.78 is 5.46. The third kappa shape index (κ3) is 2.78. The van der Waals surface area contributed by atoms with Crippen molar-refractivity contribution in [3.05, 3.63) is 76.4 Å². The van der Waals surface area contributed by atoms with Gasteiger partial charge in [-0.1, -0.05) is 54.1 Å². The van der Waals surface area contributed by atoms with E-state index >= 15 is 0 Å². The zero-order valence-electron chi connectivity index (χ0n) is 11.5. The van der Waals surface area contributed by atoms with Gasteiger partial charge in [0.05, 0.1) is 0 Å². The van der Waals surface area contributed by atoms with Gasteiger partial charge in [0.25, 0.3) is 0 Å². The Morgan fingerprint density at radius 2 is 1.76 bits per heavy atom. The molecule has 0 saturated carbocycles. The van der Waals surface area contributed by atoms with Gasteiger partial charge in [-0.15, -0.1) is 0 Å². The van der Waals surface area contributed by atoms with Gasteiger partial charge in [0, 0.05) is 17.6 Å². The smallest absolute Gasteiger partial charge is 0.356 e. The summed E-state index contributed by atoms with van der Waals surface area (Å²) in [5.74, 6) is -0.318. The molecule has 1 aliphatic heterocycles. The molecule has 1 aliphatic rings. The van der Waals surface area contributed by atoms with Crippen molar-refractivity contribution in [2.45, 2.75) is 6.23 Å². The maximum atomic E-state index is 12.1. The highest BCUT2D eigenvalue weighted by Gasteiger charge is 2.34. The lowest BCUT2D eigenvalue weighted by Crippen LogP contribution is -2.17. The Kier molecular flexibility index (Phi) is 3.67. The molecule has 0 aliphatic carbocycles. The number of carbonyl (C=O) groups is 1. The summed E-state index contributed by atoms with van der Waals surface area (Å²) in [5.41, 5.74) is 2.39. The van der Waals surface area contributed by atoms with E-state index in [4.69, 9.17) is 16.3 Å². The van der Waals surface area contributed by atoms with Gasteiger partial charge < -0.3 is 9.64 Å². The minimum Gasteiger partial charge on any atom is -0.432 e. The summed E-state index contributed by atoms with van der Waals surface area (Å²) in [5, 5.41) is 0.668. The molecular formula is C17H14ClNO2. The fourth-order valence-corrected chi connectivity index (χ4v) is 2.42. The Labute approximate surface area is 128 Å². The van der Waals surface area contributed by atoms with Crippen LogP contribution in [-0.2, 0) is 9.53 Å². The predicted octanol–water partition coefficient (Wildman–Crippen LogP) is 3.87. The van der Waals surface area contributed by atoms with Gasteiger partial charge in [0.1, 0.15) is 5.70 Å². The summed E-state index contributed by atoms with van der Waals surface area (Å²) in [6.45, 7) is 0. The molecule has 0 aromatic heterocycles. The van der Waals surface area contributed by atoms with E-state index in [1.807, 2.05) is 60.5 Å². The zero-order chi connectivity index (χ0) is 14.8. The fraction of sp³-hybridized carbons (Fsp3) is 0.118. The third-order valence-electron chi connectivity index (χ3n) is 3.42. The number of hydrogen-bond acceptors (Lipinski definition) is 3. The molecular weight excluding hydrogens is 286 g/mol. The van der Waals surface area contributed by atoms with Gasteiger partial charge in [-0.25, -0.2) is 4.79 Å². The molecule has 3 nitrogen and oxygen atoms in total. The van der Waals surface area contributed by atoms with Gasteiger partial charge in [-0.2, -0.15) is 0 Å². The van der Waals surface area contributed by atoms with Crippen molar-refractivity contribution in [3.8, 4) is 0 Å². The van der Waals surface area contributed by atoms with Gasteiger partial charge >= 0.3 is 5.97 Å². The monoisotopic (exact) mass is 299 g/mol. The van der Waals surface area contributed by atoms with Crippen LogP contribution in [0.2, 0.25) is 5.02 Å². The standard InChI is InChI=1S/C17H14ClNO2/c1-19-15(11-12-7-9-14(18)10-8-12)17(20)21-16(19)13-5-3-2-4-6-13/h2-11,16H,1H3/b15-11+. The molecule has 0 amide bonds. The number of rotatable bonds is 2. The molecule has 3 rings (SSSR count). The fourth-order valence-electron chi connectivity index (χ4n) is 2.30. The minimum absolute atomic E-state index is 0.318. The highest BCUT2D eigenvalue weighted by molar-refractivity contribution is 6.30. The summed E-state index contributed by atoms with van der Waals surface area (Å²) in [6.07, 6.45) is 1.43. The van der Waals surface area contributed by atoms with E-state index in [2.05, 4.69) is 0 Å². The minimum atomic E-state index is -0.378. The molecule has 21 heavy (non-hydrogen) atoms. The van der Waals surface area contributed by atoms with Crippen molar-refractivity contribution in [1.29, 1.82) is 0 Å². The number of carbonyl (C=O) groups excluding carboxylic acids is 1. The van der Waals surface area contributed by atoms with Crippen molar-refractivity contribution in [2.24, 2.45) is 0 Å². The number of likely N-dealkylation sites (N-methyl/N-ethyl adjacent to an activating group) is 1. The van der Waals surface area contributed by atoms with Crippen LogP contribution in [0.3, 0.4) is 0 Å². The third-order valence-corrected chi connectivity index (χ3v) is 3.67. The second-order valence-corrected chi connectivity index (χ2v) is 5.30. The van der Waals surface area contributed by atoms with Crippen molar-refractivity contribution in [3.63, 3.8) is 0 Å². The first-order valence-corrected chi connectivity index (χ1v) is 6.99. The molecule has 1 unspecified atom stereocenters. The maximum Gasteiger partial charge on any atom is 0.356 e. The number of esters is 1. The summed E-state index contributed by atoms with van der Waals surface area (Å²) in [4.78, 5) is 13.9. The quantitative estimate of drug-likeness (QED) is 0.623. The lowest BCUT2D eigenvalue weighted by molar-refractivity contribution is -0.140. The average molecular weight is 300 g/mol. The molecule has 1 saturated heterocycles. The Hall–Kier alpha value is -2.26. The predicted molar refractivity (Wildman–Crippen MR) is 82.5 cm³/mol. The van der Waals surface area contributed by atoms with Crippen LogP contribution in [0.4, 0.5) is 0 Å². The summed E-state index contributed by atoms with van der Waals surface area (Å²) in [6, 6.07) is 17.0. The molecule has 2 aromatic carbocycles. The molecule has 106 valence electrons. The number of cyclic esters (lactones) is 1. The van der Waals surface area contributed by atoms with E-state index in [-0.39, 0.29) is 12.2 Å². The van der Waals surface area contributed by atoms with Crippen LogP contribution in [0.15, 0.2) is 60.3 Å². The van der Waals surface area contributed by atoms with Crippen molar-refractivity contribution in [2.75, 3.05) is 7.05 Å². The second-order valence-electron chi connectivity index (χ2n) is 4.86. The molecule has 4 heteroatoms. The first kappa shape index (κ1) is 13.7. The summed E-state index contributed by atoms with van der Waals surface area (Å²) in [7, 11) is 1.85. The Morgan fingerprint density at radius 1 is 1.10 bits per heavy atom. The number of ether oxygens (including phenoxy) is 1. The molecule has 0 bridgehead atoms. The first-order valence-electron chi connectivity index (χ1n) is 6.61. The summed E-state index contributed by atoms with van der Waals surface area (Å²) >= 11 is 5.87. The Morgan fingerprint density at radius 3 is 2.43 bits per heavy atom. The molecule has 1 atom stereocenters. The van der Waals surface area contributed by atoms with E-state index in [0.29, 0.717) is 10.7 Å². The molecule has 0 spiro atoms. The lowest BCUT2D eigenvalue weighted by atomic mass is 10.1. The normalized spacial score (nSPS) is 19.9. The highest BCUT2D eigenvalue weighted by Crippen LogP contribution is 2.33. The first-order chi connectivity index (χ1) is 10.1. The molecule has 2 aromatic rings. The number of halogens is 1. The van der Waals surface area contributed by atoms with Crippen molar-refractivity contribution in [1.82, 2.24) is 4.90 Å². The van der Waals surface area contributed by atoms with Crippen LogP contribution in [0, 0.1) is 0 Å². The van der Waals surface area contributed by atoms with Crippen LogP contribution in [0.25, 0.3) is 6.08 Å². The Balaban J connectivity index is 1.90. The largest absolute Gasteiger partial charge is 0.432 e. The molecule has 0 N–H and O–H groups in total. The van der Waals surface area contributed by atoms with Crippen molar-refractivity contribution >= 4 is 23.6 Å². The average Bonchev–Trinajstić information content (AvgIpc) is 2.78. The van der Waals surface area contributed by atoms with E-state index in [9.17, 15) is 4.79 Å². The number of benzene rings is 2. The lowest BCUT2D eigenvalue weighted by Gasteiger charge is -2.19. The zero-order valence-corrected chi connectivity index (χ0v) is 12.2. The van der Waals surface area contributed by atoms with Crippen LogP contribution >= 0.6 is 11.6 Å². The van der Waals surface area contributed by atoms with Crippen LogP contribution in [0.1, 0.15) is 17.4 Å². The van der Waals surface area contributed by atoms with E-state index in [1.54, 1.807) is 12.1 Å². The van der Waals surface area contributed by atoms with E-state index in [1.165, 1.54) is 0 Å². The second kappa shape index (κ2) is 5.62. The van der Waals surface area contributed by atoms with Crippen LogP contribution in [-0.4, -0.2) is 17.9 Å². The number of nitrogens with zero attached hydrogens (tertiary/aromatic N) is 1. The van der Waals surface area contributed by atoms with E-state index in [0.717, 1.165) is 11.1 Å². The number of hydrogen-bond donors (Lipinski definition) is 0.